The van der Waals surface area contributed by atoms with Gasteiger partial charge in [0.05, 0.1) is 5.37 Å². The predicted octanol–water partition coefficient (Wildman–Crippen LogP) is 8.76. The second kappa shape index (κ2) is 7.58. The molecule has 45 heavy (non-hydrogen) atoms. The molecule has 210 valence electrons. The van der Waals surface area contributed by atoms with Crippen LogP contribution >= 0.6 is 11.8 Å². The third-order valence-corrected chi connectivity index (χ3v) is 13.0. The van der Waals surface area contributed by atoms with E-state index in [-0.39, 0.29) is 12.3 Å². The summed E-state index contributed by atoms with van der Waals surface area (Å²) in [5, 5.41) is 4.39. The van der Waals surface area contributed by atoms with Gasteiger partial charge >= 0.3 is 6.85 Å². The van der Waals surface area contributed by atoms with Gasteiger partial charge in [-0.05, 0) is 56.3 Å². The van der Waals surface area contributed by atoms with Crippen LogP contribution in [0.3, 0.4) is 0 Å². The quantitative estimate of drug-likeness (QED) is 0.163. The average Bonchev–Trinajstić information content (AvgIpc) is 3.78. The molecule has 0 spiro atoms. The third-order valence-electron chi connectivity index (χ3n) is 11.6. The molecule has 0 fully saturated rings. The molecule has 2 nitrogen and oxygen atoms in total. The number of aromatic nitrogens is 1. The topological polar surface area (TPSA) is 8.17 Å². The summed E-state index contributed by atoms with van der Waals surface area (Å²) < 4.78 is 2.77. The van der Waals surface area contributed by atoms with Gasteiger partial charge in [-0.3, -0.25) is 0 Å². The summed E-state index contributed by atoms with van der Waals surface area (Å²) in [5.41, 5.74) is 18.5. The number of thioether (sulfide) groups is 1. The van der Waals surface area contributed by atoms with Crippen molar-refractivity contribution < 1.29 is 0 Å². The highest BCUT2D eigenvalue weighted by molar-refractivity contribution is 8.00. The second-order valence-electron chi connectivity index (χ2n) is 14.0. The van der Waals surface area contributed by atoms with E-state index < -0.39 is 0 Å². The molecule has 0 saturated carbocycles. The van der Waals surface area contributed by atoms with E-state index in [1.807, 2.05) is 0 Å². The maximum Gasteiger partial charge on any atom is 0.333 e. The van der Waals surface area contributed by atoms with Gasteiger partial charge in [0.1, 0.15) is 0 Å². The van der Waals surface area contributed by atoms with Crippen LogP contribution in [0.15, 0.2) is 120 Å². The molecule has 0 saturated heterocycles. The van der Waals surface area contributed by atoms with E-state index in [0.29, 0.717) is 11.3 Å². The summed E-state index contributed by atoms with van der Waals surface area (Å²) in [7, 11) is 0. The Morgan fingerprint density at radius 1 is 0.689 bits per heavy atom. The van der Waals surface area contributed by atoms with Crippen molar-refractivity contribution in [3.63, 3.8) is 0 Å². The number of benzene rings is 6. The maximum atomic E-state index is 2.77. The largest absolute Gasteiger partial charge is 0.375 e. The number of hydrogen-bond donors (Lipinski definition) is 0. The van der Waals surface area contributed by atoms with Crippen molar-refractivity contribution in [3.05, 3.63) is 138 Å². The molecule has 4 heteroatoms. The lowest BCUT2D eigenvalue weighted by molar-refractivity contribution is 0.666. The number of anilines is 2. The molecule has 6 aromatic carbocycles. The van der Waals surface area contributed by atoms with Gasteiger partial charge in [-0.1, -0.05) is 129 Å². The Morgan fingerprint density at radius 2 is 1.44 bits per heavy atom. The van der Waals surface area contributed by atoms with Gasteiger partial charge in [0.2, 0.25) is 0 Å². The predicted molar refractivity (Wildman–Crippen MR) is 189 cm³/mol. The first-order valence-corrected chi connectivity index (χ1v) is 17.0. The Labute approximate surface area is 266 Å². The van der Waals surface area contributed by atoms with Crippen molar-refractivity contribution in [1.82, 2.24) is 4.48 Å². The number of para-hydroxylation sites is 2. The van der Waals surface area contributed by atoms with Crippen LogP contribution < -0.4 is 15.8 Å². The smallest absolute Gasteiger partial charge is 0.333 e. The zero-order valence-corrected chi connectivity index (χ0v) is 25.8. The highest BCUT2D eigenvalue weighted by Crippen LogP contribution is 2.62. The molecule has 2 unspecified atom stereocenters. The van der Waals surface area contributed by atoms with Gasteiger partial charge in [-0.2, -0.15) is 0 Å². The molecule has 0 bridgehead atoms. The minimum Gasteiger partial charge on any atom is -0.375 e. The van der Waals surface area contributed by atoms with Gasteiger partial charge < -0.3 is 9.38 Å². The summed E-state index contributed by atoms with van der Waals surface area (Å²) in [6.45, 7) is 4.96. The van der Waals surface area contributed by atoms with Crippen LogP contribution in [0, 0.1) is 0 Å². The SMILES string of the molecule is CC1(C)c2ccccc2-c2c1c1cccc3c1n2B1c2cccc4c2N(c2c1c-3cc1ccccc21)C1Sc2ccccc2C41. The zero-order valence-electron chi connectivity index (χ0n) is 25.0. The lowest BCUT2D eigenvalue weighted by Gasteiger charge is -2.41. The number of hydrogen-bond acceptors (Lipinski definition) is 2. The van der Waals surface area contributed by atoms with Crippen LogP contribution in [0.1, 0.15) is 42.0 Å². The molecule has 2 atom stereocenters. The standard InChI is InChI=1S/C41H27BN2S/c1-41(2)30-18-7-5-13-25(30)38-34(41)28-17-9-15-24-29-21-22-11-3-4-12-23(22)39-35(29)42(44(38)36(24)28)31-19-10-16-27-33-26-14-6-8-20-32(26)45-40(33)43(39)37(27)31/h3-21,33,40H,1-2H3. The Balaban J connectivity index is 1.29. The van der Waals surface area contributed by atoms with Crippen molar-refractivity contribution in [2.45, 2.75) is 35.4 Å². The minimum absolute atomic E-state index is 0.0746. The Bertz CT molecular complexity index is 2540. The highest BCUT2D eigenvalue weighted by Gasteiger charge is 2.54. The van der Waals surface area contributed by atoms with E-state index in [4.69, 9.17) is 0 Å². The number of rotatable bonds is 0. The molecule has 0 N–H and O–H groups in total. The maximum absolute atomic E-state index is 2.77. The van der Waals surface area contributed by atoms with Crippen molar-refractivity contribution in [2.75, 3.05) is 4.90 Å². The molecular formula is C41H27BN2S. The normalized spacial score (nSPS) is 19.8. The van der Waals surface area contributed by atoms with Gasteiger partial charge in [0.15, 0.2) is 0 Å². The van der Waals surface area contributed by atoms with Gasteiger partial charge in [-0.25, -0.2) is 0 Å². The van der Waals surface area contributed by atoms with E-state index in [9.17, 15) is 0 Å². The molecule has 0 amide bonds. The van der Waals surface area contributed by atoms with Crippen LogP contribution in [0.2, 0.25) is 0 Å². The Morgan fingerprint density at radius 3 is 2.40 bits per heavy atom. The van der Waals surface area contributed by atoms with Crippen molar-refractivity contribution >= 4 is 62.6 Å². The summed E-state index contributed by atoms with van der Waals surface area (Å²) in [5.74, 6) is 0.355. The summed E-state index contributed by atoms with van der Waals surface area (Å²) in [6.07, 6.45) is 0. The number of fused-ring (bicyclic) bond motifs is 16. The minimum atomic E-state index is -0.0746. The fourth-order valence-corrected chi connectivity index (χ4v) is 11.5. The van der Waals surface area contributed by atoms with E-state index >= 15 is 0 Å². The van der Waals surface area contributed by atoms with E-state index in [2.05, 4.69) is 150 Å². The third kappa shape index (κ3) is 2.49. The molecule has 12 rings (SSSR count). The molecule has 4 aliphatic heterocycles. The first-order valence-electron chi connectivity index (χ1n) is 16.1. The monoisotopic (exact) mass is 590 g/mol. The summed E-state index contributed by atoms with van der Waals surface area (Å²) in [4.78, 5) is 4.19. The van der Waals surface area contributed by atoms with Crippen LogP contribution in [0.25, 0.3) is 44.1 Å². The van der Waals surface area contributed by atoms with Crippen LogP contribution in [-0.4, -0.2) is 16.7 Å². The molecule has 0 radical (unpaired) electrons. The van der Waals surface area contributed by atoms with Crippen molar-refractivity contribution in [1.29, 1.82) is 0 Å². The lowest BCUT2D eigenvalue weighted by Crippen LogP contribution is -2.57. The average molecular weight is 591 g/mol. The van der Waals surface area contributed by atoms with E-state index in [1.165, 1.54) is 93.5 Å². The van der Waals surface area contributed by atoms with Gasteiger partial charge in [-0.15, -0.1) is 0 Å². The first-order chi connectivity index (χ1) is 22.1. The van der Waals surface area contributed by atoms with E-state index in [1.54, 1.807) is 0 Å². The number of nitrogens with zero attached hydrogens (tertiary/aromatic N) is 2. The molecule has 5 aliphatic rings. The summed E-state index contributed by atoms with van der Waals surface area (Å²) in [6, 6.07) is 44.1. The second-order valence-corrected chi connectivity index (χ2v) is 15.1. The Hall–Kier alpha value is -4.67. The molecule has 7 aromatic rings. The highest BCUT2D eigenvalue weighted by atomic mass is 32.2. The Kier molecular flexibility index (Phi) is 3.99. The van der Waals surface area contributed by atoms with E-state index in [0.717, 1.165) is 0 Å². The fourth-order valence-electron chi connectivity index (χ4n) is 10.0. The zero-order chi connectivity index (χ0) is 29.3. The summed E-state index contributed by atoms with van der Waals surface area (Å²) >= 11 is 2.05. The molecule has 1 aliphatic carbocycles. The molecule has 5 heterocycles. The lowest BCUT2D eigenvalue weighted by atomic mass is 9.44. The van der Waals surface area contributed by atoms with Crippen molar-refractivity contribution in [3.8, 4) is 22.4 Å². The van der Waals surface area contributed by atoms with Gasteiger partial charge in [0, 0.05) is 60.7 Å². The van der Waals surface area contributed by atoms with Crippen molar-refractivity contribution in [2.24, 2.45) is 0 Å². The first kappa shape index (κ1) is 23.7. The van der Waals surface area contributed by atoms with Crippen LogP contribution in [0.5, 0.6) is 0 Å². The van der Waals surface area contributed by atoms with Crippen LogP contribution in [0.4, 0.5) is 11.4 Å². The molecular weight excluding hydrogens is 563 g/mol. The fraction of sp³-hybridized carbons (Fsp3) is 0.122. The van der Waals surface area contributed by atoms with Crippen LogP contribution in [-0.2, 0) is 5.41 Å². The molecule has 1 aromatic heterocycles. The van der Waals surface area contributed by atoms with Gasteiger partial charge in [0.25, 0.3) is 0 Å².